The highest BCUT2D eigenvalue weighted by Gasteiger charge is 2.46. The number of carbonyl (C=O) groups excluding carboxylic acids is 2. The Balaban J connectivity index is 1.73. The average Bonchev–Trinajstić information content (AvgIpc) is 3.31. The zero-order valence-electron chi connectivity index (χ0n) is 18.7. The van der Waals surface area contributed by atoms with Gasteiger partial charge in [0.15, 0.2) is 5.82 Å². The number of thiazole rings is 1. The first-order chi connectivity index (χ1) is 15.7. The van der Waals surface area contributed by atoms with E-state index in [2.05, 4.69) is 15.3 Å². The number of nitrogens with zero attached hydrogens (tertiary/aromatic N) is 3. The maximum absolute atomic E-state index is 14.3. The van der Waals surface area contributed by atoms with Gasteiger partial charge < -0.3 is 10.1 Å². The van der Waals surface area contributed by atoms with Crippen molar-refractivity contribution in [1.29, 1.82) is 0 Å². The van der Waals surface area contributed by atoms with E-state index in [1.807, 2.05) is 0 Å². The van der Waals surface area contributed by atoms with Crippen LogP contribution in [-0.4, -0.2) is 50.7 Å². The number of aromatic nitrogens is 2. The number of rotatable bonds is 4. The van der Waals surface area contributed by atoms with Crippen LogP contribution in [0.15, 0.2) is 18.5 Å². The van der Waals surface area contributed by atoms with E-state index in [-0.39, 0.29) is 40.6 Å². The minimum Gasteiger partial charge on any atom is -0.444 e. The number of carbonyl (C=O) groups is 2. The fourth-order valence-corrected chi connectivity index (χ4v) is 4.19. The number of hydrogen-bond acceptors (Lipinski definition) is 6. The molecule has 34 heavy (non-hydrogen) atoms. The van der Waals surface area contributed by atoms with Crippen LogP contribution in [0, 0.1) is 5.82 Å². The van der Waals surface area contributed by atoms with E-state index in [4.69, 9.17) is 4.74 Å². The molecule has 1 N–H and O–H groups in total. The molecule has 2 amide bonds. The Morgan fingerprint density at radius 3 is 2.50 bits per heavy atom. The summed E-state index contributed by atoms with van der Waals surface area (Å²) in [4.78, 5) is 32.8. The third-order valence-corrected chi connectivity index (χ3v) is 6.10. The highest BCUT2D eigenvalue weighted by Crippen LogP contribution is 2.37. The van der Waals surface area contributed by atoms with Crippen molar-refractivity contribution < 1.29 is 36.3 Å². The van der Waals surface area contributed by atoms with Crippen LogP contribution in [0.2, 0.25) is 0 Å². The van der Waals surface area contributed by atoms with Crippen LogP contribution in [0.1, 0.15) is 44.7 Å². The number of likely N-dealkylation sites (tertiary alicyclic amines) is 1. The molecule has 1 saturated heterocycles. The molecule has 186 valence electrons. The molecular formula is C21H23F5N4O3S. The van der Waals surface area contributed by atoms with E-state index in [1.165, 1.54) is 13.0 Å². The van der Waals surface area contributed by atoms with Crippen molar-refractivity contribution in [3.63, 3.8) is 0 Å². The molecule has 0 aliphatic carbocycles. The van der Waals surface area contributed by atoms with Crippen molar-refractivity contribution in [1.82, 2.24) is 20.2 Å². The van der Waals surface area contributed by atoms with E-state index < -0.39 is 52.7 Å². The van der Waals surface area contributed by atoms with E-state index in [1.54, 1.807) is 20.8 Å². The van der Waals surface area contributed by atoms with E-state index in [9.17, 15) is 31.5 Å². The lowest BCUT2D eigenvalue weighted by Crippen LogP contribution is -2.50. The molecule has 2 aromatic heterocycles. The summed E-state index contributed by atoms with van der Waals surface area (Å²) in [7, 11) is 0. The number of amides is 2. The van der Waals surface area contributed by atoms with Crippen LogP contribution in [0.4, 0.5) is 26.7 Å². The maximum atomic E-state index is 14.3. The molecule has 0 radical (unpaired) electrons. The van der Waals surface area contributed by atoms with Gasteiger partial charge in [0.2, 0.25) is 5.91 Å². The van der Waals surface area contributed by atoms with Gasteiger partial charge in [0.1, 0.15) is 27.7 Å². The lowest BCUT2D eigenvalue weighted by Gasteiger charge is -2.30. The minimum atomic E-state index is -4.61. The number of halogens is 5. The fraction of sp³-hybridized carbons (Fsp3) is 0.524. The Kier molecular flexibility index (Phi) is 7.15. The van der Waals surface area contributed by atoms with Gasteiger partial charge in [-0.25, -0.2) is 18.6 Å². The number of nitrogens with one attached hydrogen (secondary N) is 1. The summed E-state index contributed by atoms with van der Waals surface area (Å²) in [5.41, 5.74) is -0.906. The smallest absolute Gasteiger partial charge is 0.427 e. The molecule has 3 rings (SSSR count). The fourth-order valence-electron chi connectivity index (χ4n) is 3.39. The van der Waals surface area contributed by atoms with E-state index in [0.717, 1.165) is 11.1 Å². The third kappa shape index (κ3) is 5.80. The Hall–Kier alpha value is -2.83. The van der Waals surface area contributed by atoms with Gasteiger partial charge in [0.05, 0.1) is 30.7 Å². The molecule has 1 aliphatic heterocycles. The number of alkyl halides is 4. The maximum Gasteiger partial charge on any atom is 0.427 e. The molecule has 0 aromatic carbocycles. The molecule has 2 aromatic rings. The van der Waals surface area contributed by atoms with Gasteiger partial charge in [-0.05, 0) is 33.8 Å². The molecule has 13 heteroatoms. The molecule has 0 bridgehead atoms. The molecule has 0 unspecified atom stereocenters. The third-order valence-electron chi connectivity index (χ3n) is 5.02. The van der Waals surface area contributed by atoms with Crippen molar-refractivity contribution in [2.24, 2.45) is 0 Å². The number of pyridine rings is 1. The first-order valence-electron chi connectivity index (χ1n) is 10.3. The normalized spacial score (nSPS) is 21.0. The quantitative estimate of drug-likeness (QED) is 0.607. The van der Waals surface area contributed by atoms with Gasteiger partial charge >= 0.3 is 12.3 Å². The Morgan fingerprint density at radius 2 is 1.91 bits per heavy atom. The lowest BCUT2D eigenvalue weighted by atomic mass is 10.1. The van der Waals surface area contributed by atoms with Crippen molar-refractivity contribution in [3.8, 4) is 10.6 Å². The monoisotopic (exact) mass is 506 g/mol. The highest BCUT2D eigenvalue weighted by molar-refractivity contribution is 7.15. The highest BCUT2D eigenvalue weighted by atomic mass is 32.1. The molecule has 1 aliphatic rings. The van der Waals surface area contributed by atoms with Crippen LogP contribution in [0.5, 0.6) is 0 Å². The predicted molar refractivity (Wildman–Crippen MR) is 113 cm³/mol. The van der Waals surface area contributed by atoms with Crippen LogP contribution in [-0.2, 0) is 22.3 Å². The number of ether oxygens (including phenoxy) is 1. The molecule has 3 atom stereocenters. The second-order valence-electron chi connectivity index (χ2n) is 8.80. The largest absolute Gasteiger partial charge is 0.444 e. The van der Waals surface area contributed by atoms with Gasteiger partial charge in [0.25, 0.3) is 0 Å². The van der Waals surface area contributed by atoms with Crippen molar-refractivity contribution in [2.45, 2.75) is 70.7 Å². The predicted octanol–water partition coefficient (Wildman–Crippen LogP) is 4.72. The molecule has 1 fully saturated rings. The summed E-state index contributed by atoms with van der Waals surface area (Å²) in [6.45, 7) is 6.18. The molecular weight excluding hydrogens is 483 g/mol. The van der Waals surface area contributed by atoms with Gasteiger partial charge in [-0.3, -0.25) is 14.7 Å². The van der Waals surface area contributed by atoms with Crippen molar-refractivity contribution >= 4 is 23.3 Å². The van der Waals surface area contributed by atoms with Crippen molar-refractivity contribution in [3.05, 3.63) is 34.8 Å². The van der Waals surface area contributed by atoms with Crippen LogP contribution >= 0.6 is 11.3 Å². The summed E-state index contributed by atoms with van der Waals surface area (Å²) in [5, 5.41) is 2.33. The number of hydrogen-bond donors (Lipinski definition) is 1. The molecule has 0 spiro atoms. The summed E-state index contributed by atoms with van der Waals surface area (Å²) < 4.78 is 72.4. The Morgan fingerprint density at radius 1 is 1.24 bits per heavy atom. The topological polar surface area (TPSA) is 84.4 Å². The Bertz CT molecular complexity index is 1070. The summed E-state index contributed by atoms with van der Waals surface area (Å²) in [6.07, 6.45) is -5.68. The van der Waals surface area contributed by atoms with Gasteiger partial charge in [-0.1, -0.05) is 0 Å². The standard InChI is InChI=1S/C21H23F5N4O3S/c1-10-13(22)6-15(30(10)19(32)33-20(2,3)4)17(31)28-7-11-5-12(14(23)8-27-11)18-29-9-16(34-18)21(24,25)26/h5,8-10,13,15H,6-7H2,1-4H3,(H,28,31)/t10-,13+,15-/m0/s1. The summed E-state index contributed by atoms with van der Waals surface area (Å²) >= 11 is 0.278. The van der Waals surface area contributed by atoms with Crippen molar-refractivity contribution in [2.75, 3.05) is 0 Å². The SMILES string of the molecule is C[C@H]1[C@H](F)C[C@@H](C(=O)NCc2cc(-c3ncc(C(F)(F)F)s3)c(F)cn2)N1C(=O)OC(C)(C)C. The second-order valence-corrected chi connectivity index (χ2v) is 9.83. The first kappa shape index (κ1) is 25.8. The average molecular weight is 506 g/mol. The van der Waals surface area contributed by atoms with E-state index >= 15 is 0 Å². The second kappa shape index (κ2) is 9.43. The van der Waals surface area contributed by atoms with Gasteiger partial charge in [-0.15, -0.1) is 11.3 Å². The molecule has 3 heterocycles. The van der Waals surface area contributed by atoms with E-state index in [0.29, 0.717) is 6.20 Å². The lowest BCUT2D eigenvalue weighted by molar-refractivity contribution is -0.134. The molecule has 0 saturated carbocycles. The Labute approximate surface area is 196 Å². The minimum absolute atomic E-state index is 0.139. The van der Waals surface area contributed by atoms with Crippen LogP contribution in [0.3, 0.4) is 0 Å². The first-order valence-corrected chi connectivity index (χ1v) is 11.1. The van der Waals surface area contributed by atoms with Crippen LogP contribution in [0.25, 0.3) is 10.6 Å². The zero-order valence-corrected chi connectivity index (χ0v) is 19.6. The summed E-state index contributed by atoms with van der Waals surface area (Å²) in [6, 6.07) is -0.836. The summed E-state index contributed by atoms with van der Waals surface area (Å²) in [5.74, 6) is -1.54. The molecule has 7 nitrogen and oxygen atoms in total. The zero-order chi connectivity index (χ0) is 25.4. The van der Waals surface area contributed by atoms with Crippen LogP contribution < -0.4 is 5.32 Å². The van der Waals surface area contributed by atoms with Gasteiger partial charge in [0, 0.05) is 12.0 Å². The van der Waals surface area contributed by atoms with Gasteiger partial charge in [-0.2, -0.15) is 13.2 Å².